The van der Waals surface area contributed by atoms with Crippen LogP contribution in [0.1, 0.15) is 44.2 Å². The zero-order valence-electron chi connectivity index (χ0n) is 12.6. The lowest BCUT2D eigenvalue weighted by atomic mass is 10.1. The number of benzene rings is 1. The van der Waals surface area contributed by atoms with Crippen LogP contribution < -0.4 is 5.32 Å². The van der Waals surface area contributed by atoms with Crippen LogP contribution in [0, 0.1) is 5.92 Å². The molecule has 1 heterocycles. The van der Waals surface area contributed by atoms with Crippen LogP contribution in [-0.4, -0.2) is 15.8 Å². The van der Waals surface area contributed by atoms with Crippen molar-refractivity contribution in [2.45, 2.75) is 51.2 Å². The van der Waals surface area contributed by atoms with Gasteiger partial charge >= 0.3 is 0 Å². The van der Waals surface area contributed by atoms with E-state index in [0.29, 0.717) is 6.04 Å². The summed E-state index contributed by atoms with van der Waals surface area (Å²) in [6, 6.07) is 12.0. The highest BCUT2D eigenvalue weighted by atomic mass is 15.3. The molecule has 0 spiro atoms. The maximum atomic E-state index is 4.73. The summed E-state index contributed by atoms with van der Waals surface area (Å²) < 4.78 is 2.26. The van der Waals surface area contributed by atoms with Gasteiger partial charge in [-0.1, -0.05) is 30.3 Å². The Bertz CT molecular complexity index is 609. The molecule has 0 amide bonds. The smallest absolute Gasteiger partial charge is 0.0730 e. The van der Waals surface area contributed by atoms with Crippen molar-refractivity contribution in [2.75, 3.05) is 0 Å². The SMILES string of the molecule is CC(C1CC1)n1ncc(CNC2CC2)c1-c1ccccc1. The highest BCUT2D eigenvalue weighted by molar-refractivity contribution is 5.63. The van der Waals surface area contributed by atoms with E-state index in [-0.39, 0.29) is 0 Å². The Balaban J connectivity index is 1.68. The topological polar surface area (TPSA) is 29.9 Å². The molecule has 2 fully saturated rings. The van der Waals surface area contributed by atoms with Crippen molar-refractivity contribution in [3.8, 4) is 11.3 Å². The van der Waals surface area contributed by atoms with Gasteiger partial charge in [-0.25, -0.2) is 0 Å². The Morgan fingerprint density at radius 2 is 1.95 bits per heavy atom. The Morgan fingerprint density at radius 1 is 1.19 bits per heavy atom. The number of rotatable bonds is 6. The molecule has 1 N–H and O–H groups in total. The van der Waals surface area contributed by atoms with E-state index in [2.05, 4.69) is 53.5 Å². The summed E-state index contributed by atoms with van der Waals surface area (Å²) >= 11 is 0. The molecule has 0 bridgehead atoms. The molecule has 21 heavy (non-hydrogen) atoms. The van der Waals surface area contributed by atoms with Crippen molar-refractivity contribution in [2.24, 2.45) is 5.92 Å². The van der Waals surface area contributed by atoms with E-state index in [1.165, 1.54) is 42.5 Å². The van der Waals surface area contributed by atoms with Crippen molar-refractivity contribution in [3.05, 3.63) is 42.1 Å². The van der Waals surface area contributed by atoms with E-state index < -0.39 is 0 Å². The number of nitrogens with zero attached hydrogens (tertiary/aromatic N) is 2. The lowest BCUT2D eigenvalue weighted by Gasteiger charge is -2.16. The standard InChI is InChI=1S/C18H23N3/c1-13(14-7-8-14)21-18(15-5-3-2-4-6-15)16(12-20-21)11-19-17-9-10-17/h2-6,12-14,17,19H,7-11H2,1H3. The maximum Gasteiger partial charge on any atom is 0.0730 e. The van der Waals surface area contributed by atoms with E-state index >= 15 is 0 Å². The Labute approximate surface area is 126 Å². The molecule has 2 saturated carbocycles. The highest BCUT2D eigenvalue weighted by Crippen LogP contribution is 2.41. The van der Waals surface area contributed by atoms with Crippen molar-refractivity contribution in [1.82, 2.24) is 15.1 Å². The summed E-state index contributed by atoms with van der Waals surface area (Å²) in [7, 11) is 0. The number of hydrogen-bond acceptors (Lipinski definition) is 2. The Morgan fingerprint density at radius 3 is 2.62 bits per heavy atom. The molecular formula is C18H23N3. The Hall–Kier alpha value is -1.61. The van der Waals surface area contributed by atoms with Gasteiger partial charge in [-0.3, -0.25) is 4.68 Å². The molecule has 3 nitrogen and oxygen atoms in total. The highest BCUT2D eigenvalue weighted by Gasteiger charge is 2.31. The van der Waals surface area contributed by atoms with Crippen LogP contribution in [-0.2, 0) is 6.54 Å². The second-order valence-electron chi connectivity index (χ2n) is 6.56. The quantitative estimate of drug-likeness (QED) is 0.873. The predicted molar refractivity (Wildman–Crippen MR) is 85.0 cm³/mol. The summed E-state index contributed by atoms with van der Waals surface area (Å²) in [4.78, 5) is 0. The van der Waals surface area contributed by atoms with Gasteiger partial charge in [0, 0.05) is 23.7 Å². The summed E-state index contributed by atoms with van der Waals surface area (Å²) in [6.45, 7) is 3.25. The second kappa shape index (κ2) is 5.30. The predicted octanol–water partition coefficient (Wildman–Crippen LogP) is 3.77. The fourth-order valence-electron chi connectivity index (χ4n) is 3.07. The van der Waals surface area contributed by atoms with E-state index in [4.69, 9.17) is 5.10 Å². The molecule has 0 aliphatic heterocycles. The minimum atomic E-state index is 0.509. The molecule has 2 aliphatic rings. The van der Waals surface area contributed by atoms with Gasteiger partial charge in [0.25, 0.3) is 0 Å². The Kier molecular flexibility index (Phi) is 3.30. The van der Waals surface area contributed by atoms with Crippen LogP contribution in [0.3, 0.4) is 0 Å². The molecular weight excluding hydrogens is 258 g/mol. The first-order valence-corrected chi connectivity index (χ1v) is 8.18. The van der Waals surface area contributed by atoms with Gasteiger partial charge in [-0.2, -0.15) is 5.10 Å². The maximum absolute atomic E-state index is 4.73. The number of aromatic nitrogens is 2. The third-order valence-corrected chi connectivity index (χ3v) is 4.77. The van der Waals surface area contributed by atoms with E-state index in [1.807, 2.05) is 0 Å². The number of hydrogen-bond donors (Lipinski definition) is 1. The molecule has 1 aromatic heterocycles. The third kappa shape index (κ3) is 2.75. The lowest BCUT2D eigenvalue weighted by molar-refractivity contribution is 0.444. The van der Waals surface area contributed by atoms with Crippen LogP contribution in [0.2, 0.25) is 0 Å². The molecule has 1 aromatic carbocycles. The van der Waals surface area contributed by atoms with Gasteiger partial charge in [0.1, 0.15) is 0 Å². The summed E-state index contributed by atoms with van der Waals surface area (Å²) in [5.74, 6) is 0.816. The molecule has 110 valence electrons. The molecule has 0 radical (unpaired) electrons. The van der Waals surface area contributed by atoms with E-state index in [1.54, 1.807) is 0 Å². The average molecular weight is 281 g/mol. The van der Waals surface area contributed by atoms with Crippen LogP contribution in [0.4, 0.5) is 0 Å². The van der Waals surface area contributed by atoms with E-state index in [0.717, 1.165) is 18.5 Å². The van der Waals surface area contributed by atoms with Crippen LogP contribution in [0.25, 0.3) is 11.3 Å². The molecule has 0 saturated heterocycles. The monoisotopic (exact) mass is 281 g/mol. The van der Waals surface area contributed by atoms with Gasteiger partial charge in [0.2, 0.25) is 0 Å². The summed E-state index contributed by atoms with van der Waals surface area (Å²) in [5.41, 5.74) is 3.93. The molecule has 2 aliphatic carbocycles. The van der Waals surface area contributed by atoms with Crippen molar-refractivity contribution in [3.63, 3.8) is 0 Å². The number of nitrogens with one attached hydrogen (secondary N) is 1. The largest absolute Gasteiger partial charge is 0.310 e. The fraction of sp³-hybridized carbons (Fsp3) is 0.500. The molecule has 4 rings (SSSR count). The third-order valence-electron chi connectivity index (χ3n) is 4.77. The lowest BCUT2D eigenvalue weighted by Crippen LogP contribution is -2.16. The van der Waals surface area contributed by atoms with Gasteiger partial charge in [0.05, 0.1) is 17.9 Å². The van der Waals surface area contributed by atoms with Gasteiger partial charge in [-0.05, 0) is 38.5 Å². The van der Waals surface area contributed by atoms with Crippen molar-refractivity contribution in [1.29, 1.82) is 0 Å². The summed E-state index contributed by atoms with van der Waals surface area (Å²) in [6.07, 6.45) is 7.42. The minimum Gasteiger partial charge on any atom is -0.310 e. The fourth-order valence-corrected chi connectivity index (χ4v) is 3.07. The normalized spacial score (nSPS) is 19.7. The zero-order valence-corrected chi connectivity index (χ0v) is 12.6. The zero-order chi connectivity index (χ0) is 14.2. The van der Waals surface area contributed by atoms with Gasteiger partial charge < -0.3 is 5.32 Å². The van der Waals surface area contributed by atoms with Crippen molar-refractivity contribution < 1.29 is 0 Å². The molecule has 1 atom stereocenters. The van der Waals surface area contributed by atoms with Gasteiger partial charge in [-0.15, -0.1) is 0 Å². The second-order valence-corrected chi connectivity index (χ2v) is 6.56. The van der Waals surface area contributed by atoms with Crippen LogP contribution >= 0.6 is 0 Å². The van der Waals surface area contributed by atoms with Crippen LogP contribution in [0.5, 0.6) is 0 Å². The summed E-state index contributed by atoms with van der Waals surface area (Å²) in [5, 5.41) is 8.36. The molecule has 3 heteroatoms. The first kappa shape index (κ1) is 13.1. The first-order valence-electron chi connectivity index (χ1n) is 8.18. The van der Waals surface area contributed by atoms with E-state index in [9.17, 15) is 0 Å². The first-order chi connectivity index (χ1) is 10.3. The van der Waals surface area contributed by atoms with Gasteiger partial charge in [0.15, 0.2) is 0 Å². The molecule has 1 unspecified atom stereocenters. The van der Waals surface area contributed by atoms with Crippen molar-refractivity contribution >= 4 is 0 Å². The molecule has 2 aromatic rings. The average Bonchev–Trinajstić information content (AvgIpc) is 3.43. The van der Waals surface area contributed by atoms with Crippen LogP contribution in [0.15, 0.2) is 36.5 Å². The minimum absolute atomic E-state index is 0.509.